The van der Waals surface area contributed by atoms with Crippen LogP contribution in [0.5, 0.6) is 0 Å². The van der Waals surface area contributed by atoms with Crippen LogP contribution in [0.1, 0.15) is 0 Å². The molecule has 54 valence electrons. The molecule has 0 spiro atoms. The van der Waals surface area contributed by atoms with Crippen molar-refractivity contribution in [1.29, 1.82) is 0 Å². The Balaban J connectivity index is 2.91. The van der Waals surface area contributed by atoms with E-state index in [0.717, 1.165) is 0 Å². The van der Waals surface area contributed by atoms with Crippen LogP contribution in [-0.4, -0.2) is 9.97 Å². The van der Waals surface area contributed by atoms with Gasteiger partial charge in [-0.05, 0) is 17.1 Å². The lowest BCUT2D eigenvalue weighted by molar-refractivity contribution is -0.579. The summed E-state index contributed by atoms with van der Waals surface area (Å²) >= 11 is 0. The van der Waals surface area contributed by atoms with E-state index >= 15 is 0 Å². The Morgan fingerprint density at radius 2 is 2.18 bits per heavy atom. The van der Waals surface area contributed by atoms with Crippen LogP contribution in [0.15, 0.2) is 30.7 Å². The van der Waals surface area contributed by atoms with Gasteiger partial charge in [-0.2, -0.15) is 0 Å². The van der Waals surface area contributed by atoms with Crippen LogP contribution < -0.4 is 4.73 Å². The molecule has 4 heteroatoms. The lowest BCUT2D eigenvalue weighted by atomic mass is 10.4. The minimum Gasteiger partial charge on any atom is -0.710 e. The Kier molecular flexibility index (Phi) is 1.18. The van der Waals surface area contributed by atoms with Crippen LogP contribution >= 0.6 is 0 Å². The van der Waals surface area contributed by atoms with Gasteiger partial charge < -0.3 is 5.21 Å². The second-order valence-electron chi connectivity index (χ2n) is 2.10. The summed E-state index contributed by atoms with van der Waals surface area (Å²) in [5.41, 5.74) is 0.972. The van der Waals surface area contributed by atoms with Crippen molar-refractivity contribution in [2.45, 2.75) is 0 Å². The summed E-state index contributed by atoms with van der Waals surface area (Å²) in [7, 11) is 0. The molecule has 2 aromatic rings. The number of hydrogen-bond acceptors (Lipinski definition) is 3. The van der Waals surface area contributed by atoms with E-state index in [0.29, 0.717) is 15.9 Å². The van der Waals surface area contributed by atoms with Gasteiger partial charge >= 0.3 is 5.65 Å². The van der Waals surface area contributed by atoms with E-state index in [1.807, 2.05) is 0 Å². The molecule has 0 saturated carbocycles. The highest BCUT2D eigenvalue weighted by molar-refractivity contribution is 5.64. The maximum absolute atomic E-state index is 11.0. The fourth-order valence-corrected chi connectivity index (χ4v) is 0.904. The first-order valence-corrected chi connectivity index (χ1v) is 3.17. The average molecular weight is 147 g/mol. The monoisotopic (exact) mass is 147 g/mol. The Bertz CT molecular complexity index is 383. The summed E-state index contributed by atoms with van der Waals surface area (Å²) in [6.45, 7) is 0. The highest BCUT2D eigenvalue weighted by Gasteiger charge is 2.01. The average Bonchev–Trinajstić information content (AvgIpc) is 2.06. The third kappa shape index (κ3) is 0.881. The van der Waals surface area contributed by atoms with Crippen molar-refractivity contribution in [2.75, 3.05) is 0 Å². The molecule has 4 nitrogen and oxygen atoms in total. The molecule has 0 N–H and O–H groups in total. The molecule has 0 unspecified atom stereocenters. The van der Waals surface area contributed by atoms with E-state index in [9.17, 15) is 5.21 Å². The zero-order chi connectivity index (χ0) is 7.68. The molecule has 0 aliphatic heterocycles. The van der Waals surface area contributed by atoms with Crippen LogP contribution in [-0.2, 0) is 0 Å². The van der Waals surface area contributed by atoms with Crippen molar-refractivity contribution in [2.24, 2.45) is 0 Å². The van der Waals surface area contributed by atoms with Gasteiger partial charge in [-0.3, -0.25) is 0 Å². The molecule has 0 aromatic carbocycles. The van der Waals surface area contributed by atoms with Crippen molar-refractivity contribution in [3.8, 4) is 0 Å². The summed E-state index contributed by atoms with van der Waals surface area (Å²) in [6, 6.07) is 3.49. The topological polar surface area (TPSA) is 52.7 Å². The van der Waals surface area contributed by atoms with Crippen LogP contribution in [0.3, 0.4) is 0 Å². The highest BCUT2D eigenvalue weighted by Crippen LogP contribution is 1.99. The van der Waals surface area contributed by atoms with Gasteiger partial charge in [-0.25, -0.2) is 9.71 Å². The van der Waals surface area contributed by atoms with E-state index in [4.69, 9.17) is 0 Å². The lowest BCUT2D eigenvalue weighted by Crippen LogP contribution is -2.27. The Morgan fingerprint density at radius 1 is 1.27 bits per heavy atom. The molecule has 0 bridgehead atoms. The van der Waals surface area contributed by atoms with Crippen LogP contribution in [0.2, 0.25) is 0 Å². The van der Waals surface area contributed by atoms with E-state index < -0.39 is 0 Å². The van der Waals surface area contributed by atoms with Gasteiger partial charge in [0.2, 0.25) is 0 Å². The van der Waals surface area contributed by atoms with Gasteiger partial charge in [0.25, 0.3) is 0 Å². The molecule has 0 amide bonds. The number of pyridine rings is 1. The Labute approximate surface area is 62.7 Å². The number of hydrogen-bond donors (Lipinski definition) is 0. The first kappa shape index (κ1) is 6.03. The zero-order valence-corrected chi connectivity index (χ0v) is 5.64. The smallest absolute Gasteiger partial charge is 0.351 e. The van der Waals surface area contributed by atoms with Gasteiger partial charge in [-0.1, -0.05) is 0 Å². The van der Waals surface area contributed by atoms with Crippen LogP contribution in [0, 0.1) is 5.21 Å². The molecule has 0 atom stereocenters. The second kappa shape index (κ2) is 2.16. The summed E-state index contributed by atoms with van der Waals surface area (Å²) < 4.78 is 0.697. The number of nitrogens with zero attached hydrogens (tertiary/aromatic N) is 3. The maximum atomic E-state index is 11.0. The molecule has 0 saturated heterocycles. The van der Waals surface area contributed by atoms with Gasteiger partial charge in [0.05, 0.1) is 6.20 Å². The molecule has 0 fully saturated rings. The van der Waals surface area contributed by atoms with E-state index in [2.05, 4.69) is 9.97 Å². The van der Waals surface area contributed by atoms with Crippen molar-refractivity contribution < 1.29 is 4.73 Å². The highest BCUT2D eigenvalue weighted by atomic mass is 16.5. The standard InChI is InChI=1S/C7H5N3O/c11-10-5-4-8-6-2-1-3-9-7(6)10/h1-5H. The first-order chi connectivity index (χ1) is 5.38. The summed E-state index contributed by atoms with van der Waals surface area (Å²) in [6.07, 6.45) is 4.35. The minimum atomic E-state index is 0.356. The third-order valence-corrected chi connectivity index (χ3v) is 1.39. The van der Waals surface area contributed by atoms with Crippen molar-refractivity contribution >= 4 is 11.2 Å². The molecular formula is C7H5N3O. The second-order valence-corrected chi connectivity index (χ2v) is 2.10. The number of aromatic nitrogens is 3. The molecule has 11 heavy (non-hydrogen) atoms. The van der Waals surface area contributed by atoms with E-state index in [1.54, 1.807) is 18.3 Å². The summed E-state index contributed by atoms with van der Waals surface area (Å²) in [5.74, 6) is 0. The van der Waals surface area contributed by atoms with Gasteiger partial charge in [-0.15, -0.1) is 0 Å². The third-order valence-electron chi connectivity index (χ3n) is 1.39. The number of fused-ring (bicyclic) bond motifs is 1. The van der Waals surface area contributed by atoms with Crippen molar-refractivity contribution in [3.63, 3.8) is 0 Å². The first-order valence-electron chi connectivity index (χ1n) is 3.17. The van der Waals surface area contributed by atoms with Crippen LogP contribution in [0.4, 0.5) is 0 Å². The lowest BCUT2D eigenvalue weighted by Gasteiger charge is -1.99. The van der Waals surface area contributed by atoms with Gasteiger partial charge in [0.15, 0.2) is 5.52 Å². The van der Waals surface area contributed by atoms with E-state index in [1.165, 1.54) is 12.4 Å². The SMILES string of the molecule is [O-][n+]1ccnc2cccnc21. The largest absolute Gasteiger partial charge is 0.710 e. The predicted octanol–water partition coefficient (Wildman–Crippen LogP) is 0.263. The zero-order valence-electron chi connectivity index (χ0n) is 5.64. The van der Waals surface area contributed by atoms with Crippen molar-refractivity contribution in [3.05, 3.63) is 35.9 Å². The molecule has 0 radical (unpaired) electrons. The fraction of sp³-hybridized carbons (Fsp3) is 0. The normalized spacial score (nSPS) is 10.2. The minimum absolute atomic E-state index is 0.356. The molecule has 2 heterocycles. The number of rotatable bonds is 0. The molecule has 0 aliphatic carbocycles. The van der Waals surface area contributed by atoms with Gasteiger partial charge in [0.1, 0.15) is 12.4 Å². The van der Waals surface area contributed by atoms with Crippen molar-refractivity contribution in [1.82, 2.24) is 9.97 Å². The predicted molar refractivity (Wildman–Crippen MR) is 38.5 cm³/mol. The maximum Gasteiger partial charge on any atom is 0.351 e. The van der Waals surface area contributed by atoms with Crippen LogP contribution in [0.25, 0.3) is 11.2 Å². The quantitative estimate of drug-likeness (QED) is 0.397. The summed E-state index contributed by atoms with van der Waals surface area (Å²) in [4.78, 5) is 7.83. The molecular weight excluding hydrogens is 142 g/mol. The molecule has 0 aliphatic rings. The Morgan fingerprint density at radius 3 is 3.00 bits per heavy atom. The fourth-order valence-electron chi connectivity index (χ4n) is 0.904. The molecule has 2 rings (SSSR count). The van der Waals surface area contributed by atoms with E-state index in [-0.39, 0.29) is 0 Å². The molecule has 2 aromatic heterocycles. The van der Waals surface area contributed by atoms with Gasteiger partial charge in [0, 0.05) is 0 Å². The Hall–Kier alpha value is -1.71. The summed E-state index contributed by atoms with van der Waals surface area (Å²) in [5, 5.41) is 11.0.